The Hall–Kier alpha value is -2.50. The molecule has 0 fully saturated rings. The maximum absolute atomic E-state index is 13.5. The second-order valence-corrected chi connectivity index (χ2v) is 3.79. The van der Waals surface area contributed by atoms with Gasteiger partial charge in [0.05, 0.1) is 5.56 Å². The van der Waals surface area contributed by atoms with E-state index in [9.17, 15) is 18.0 Å². The molecule has 0 heterocycles. The summed E-state index contributed by atoms with van der Waals surface area (Å²) in [7, 11) is 0. The van der Waals surface area contributed by atoms with E-state index in [4.69, 9.17) is 5.73 Å². The van der Waals surface area contributed by atoms with Crippen LogP contribution in [0.4, 0.5) is 24.5 Å². The van der Waals surface area contributed by atoms with Gasteiger partial charge in [-0.3, -0.25) is 4.79 Å². The molecule has 0 radical (unpaired) electrons. The molecule has 2 aromatic carbocycles. The van der Waals surface area contributed by atoms with E-state index in [1.807, 2.05) is 5.32 Å². The molecule has 0 atom stereocenters. The van der Waals surface area contributed by atoms with Crippen LogP contribution in [-0.2, 0) is 0 Å². The predicted octanol–water partition coefficient (Wildman–Crippen LogP) is 2.94. The fourth-order valence-electron chi connectivity index (χ4n) is 1.51. The van der Waals surface area contributed by atoms with Gasteiger partial charge in [0, 0.05) is 5.69 Å². The van der Waals surface area contributed by atoms with Crippen molar-refractivity contribution in [2.24, 2.45) is 0 Å². The molecule has 0 spiro atoms. The maximum Gasteiger partial charge on any atom is 0.258 e. The van der Waals surface area contributed by atoms with Crippen molar-refractivity contribution in [2.45, 2.75) is 0 Å². The average molecular weight is 266 g/mol. The largest absolute Gasteiger partial charge is 0.399 e. The highest BCUT2D eigenvalue weighted by atomic mass is 19.1. The number of anilines is 2. The van der Waals surface area contributed by atoms with Gasteiger partial charge in [0.1, 0.15) is 23.1 Å². The van der Waals surface area contributed by atoms with Crippen LogP contribution in [0.3, 0.4) is 0 Å². The molecule has 19 heavy (non-hydrogen) atoms. The van der Waals surface area contributed by atoms with Crippen LogP contribution in [0.15, 0.2) is 36.4 Å². The lowest BCUT2D eigenvalue weighted by Crippen LogP contribution is -2.16. The van der Waals surface area contributed by atoms with Gasteiger partial charge in [0.2, 0.25) is 0 Å². The van der Waals surface area contributed by atoms with E-state index in [1.54, 1.807) is 0 Å². The molecule has 2 rings (SSSR count). The van der Waals surface area contributed by atoms with E-state index in [1.165, 1.54) is 6.07 Å². The van der Waals surface area contributed by atoms with Crippen LogP contribution in [-0.4, -0.2) is 5.91 Å². The summed E-state index contributed by atoms with van der Waals surface area (Å²) in [6.07, 6.45) is 0. The number of carbonyl (C=O) groups excluding carboxylic acids is 1. The Labute approximate surface area is 106 Å². The van der Waals surface area contributed by atoms with Gasteiger partial charge < -0.3 is 11.1 Å². The number of nitrogens with two attached hydrogens (primary N) is 1. The molecule has 0 saturated carbocycles. The molecule has 0 saturated heterocycles. The molecule has 6 heteroatoms. The Morgan fingerprint density at radius 2 is 1.63 bits per heavy atom. The highest BCUT2D eigenvalue weighted by Crippen LogP contribution is 2.20. The fourth-order valence-corrected chi connectivity index (χ4v) is 1.51. The number of benzene rings is 2. The first-order valence-electron chi connectivity index (χ1n) is 5.29. The summed E-state index contributed by atoms with van der Waals surface area (Å²) in [5, 5.41) is 1.99. The zero-order valence-corrected chi connectivity index (χ0v) is 9.58. The highest BCUT2D eigenvalue weighted by molar-refractivity contribution is 6.04. The van der Waals surface area contributed by atoms with Crippen molar-refractivity contribution in [1.82, 2.24) is 0 Å². The summed E-state index contributed by atoms with van der Waals surface area (Å²) in [5.74, 6) is -3.70. The second-order valence-electron chi connectivity index (χ2n) is 3.79. The van der Waals surface area contributed by atoms with E-state index in [0.717, 1.165) is 30.3 Å². The Kier molecular flexibility index (Phi) is 3.41. The van der Waals surface area contributed by atoms with Crippen LogP contribution in [0.2, 0.25) is 0 Å². The Morgan fingerprint density at radius 1 is 1.00 bits per heavy atom. The third-order valence-corrected chi connectivity index (χ3v) is 2.44. The second kappa shape index (κ2) is 5.01. The van der Waals surface area contributed by atoms with Gasteiger partial charge >= 0.3 is 0 Å². The number of para-hydroxylation sites is 1. The van der Waals surface area contributed by atoms with Gasteiger partial charge in [-0.15, -0.1) is 0 Å². The van der Waals surface area contributed by atoms with Crippen LogP contribution < -0.4 is 11.1 Å². The lowest BCUT2D eigenvalue weighted by molar-refractivity contribution is 0.102. The van der Waals surface area contributed by atoms with E-state index in [-0.39, 0.29) is 11.3 Å². The molecule has 3 N–H and O–H groups in total. The van der Waals surface area contributed by atoms with Crippen LogP contribution in [0.1, 0.15) is 10.4 Å². The van der Waals surface area contributed by atoms with Crippen LogP contribution >= 0.6 is 0 Å². The normalized spacial score (nSPS) is 10.3. The predicted molar refractivity (Wildman–Crippen MR) is 65.1 cm³/mol. The number of hydrogen-bond donors (Lipinski definition) is 2. The molecule has 2 aromatic rings. The number of hydrogen-bond acceptors (Lipinski definition) is 2. The lowest BCUT2D eigenvalue weighted by Gasteiger charge is -2.08. The number of nitrogens with one attached hydrogen (secondary N) is 1. The molecule has 0 aliphatic heterocycles. The first-order chi connectivity index (χ1) is 8.99. The van der Waals surface area contributed by atoms with Crippen LogP contribution in [0, 0.1) is 17.5 Å². The van der Waals surface area contributed by atoms with Gasteiger partial charge in [-0.1, -0.05) is 6.07 Å². The van der Waals surface area contributed by atoms with Crippen molar-refractivity contribution in [2.75, 3.05) is 11.1 Å². The molecule has 3 nitrogen and oxygen atoms in total. The molecule has 0 aliphatic rings. The highest BCUT2D eigenvalue weighted by Gasteiger charge is 2.16. The summed E-state index contributed by atoms with van der Waals surface area (Å²) in [4.78, 5) is 11.7. The Bertz CT molecular complexity index is 624. The maximum atomic E-state index is 13.5. The van der Waals surface area contributed by atoms with Crippen molar-refractivity contribution in [1.29, 1.82) is 0 Å². The number of rotatable bonds is 2. The number of nitrogen functional groups attached to an aromatic ring is 1. The summed E-state index contributed by atoms with van der Waals surface area (Å²) in [6.45, 7) is 0. The summed E-state index contributed by atoms with van der Waals surface area (Å²) >= 11 is 0. The first-order valence-corrected chi connectivity index (χ1v) is 5.29. The number of carbonyl (C=O) groups is 1. The zero-order chi connectivity index (χ0) is 14.0. The summed E-state index contributed by atoms with van der Waals surface area (Å²) in [5.41, 5.74) is 4.51. The minimum absolute atomic E-state index is 0.145. The van der Waals surface area contributed by atoms with Crippen LogP contribution in [0.5, 0.6) is 0 Å². The third-order valence-electron chi connectivity index (χ3n) is 2.44. The molecule has 0 aliphatic carbocycles. The minimum atomic E-state index is -0.957. The van der Waals surface area contributed by atoms with Crippen molar-refractivity contribution in [3.8, 4) is 0 Å². The van der Waals surface area contributed by atoms with Gasteiger partial charge in [0.15, 0.2) is 0 Å². The van der Waals surface area contributed by atoms with Crippen molar-refractivity contribution < 1.29 is 18.0 Å². The van der Waals surface area contributed by atoms with E-state index in [0.29, 0.717) is 0 Å². The standard InChI is InChI=1S/C13H9F3N2O/c14-9-2-1-3-10(15)12(9)18-13(19)8-5-4-7(17)6-11(8)16/h1-6H,17H2,(H,18,19). The molecule has 0 aromatic heterocycles. The molecule has 0 unspecified atom stereocenters. The van der Waals surface area contributed by atoms with Crippen molar-refractivity contribution in [3.63, 3.8) is 0 Å². The molecule has 0 bridgehead atoms. The van der Waals surface area contributed by atoms with Crippen molar-refractivity contribution >= 4 is 17.3 Å². The van der Waals surface area contributed by atoms with E-state index in [2.05, 4.69) is 0 Å². The summed E-state index contributed by atoms with van der Waals surface area (Å²) in [6, 6.07) is 6.53. The van der Waals surface area contributed by atoms with Gasteiger partial charge in [-0.2, -0.15) is 0 Å². The first kappa shape index (κ1) is 12.9. The Balaban J connectivity index is 2.31. The number of halogens is 3. The third kappa shape index (κ3) is 2.67. The topological polar surface area (TPSA) is 55.1 Å². The van der Waals surface area contributed by atoms with Crippen LogP contribution in [0.25, 0.3) is 0 Å². The van der Waals surface area contributed by atoms with Gasteiger partial charge in [-0.25, -0.2) is 13.2 Å². The van der Waals surface area contributed by atoms with Gasteiger partial charge in [0.25, 0.3) is 5.91 Å². The average Bonchev–Trinajstić information content (AvgIpc) is 2.33. The van der Waals surface area contributed by atoms with Crippen molar-refractivity contribution in [3.05, 3.63) is 59.4 Å². The molecule has 98 valence electrons. The SMILES string of the molecule is Nc1ccc(C(=O)Nc2c(F)cccc2F)c(F)c1. The quantitative estimate of drug-likeness (QED) is 0.821. The molecular weight excluding hydrogens is 257 g/mol. The number of amides is 1. The Morgan fingerprint density at radius 3 is 2.21 bits per heavy atom. The lowest BCUT2D eigenvalue weighted by atomic mass is 10.1. The van der Waals surface area contributed by atoms with E-state index < -0.39 is 29.0 Å². The monoisotopic (exact) mass is 266 g/mol. The summed E-state index contributed by atoms with van der Waals surface area (Å²) < 4.78 is 40.1. The smallest absolute Gasteiger partial charge is 0.258 e. The molecule has 1 amide bonds. The zero-order valence-electron chi connectivity index (χ0n) is 9.58. The minimum Gasteiger partial charge on any atom is -0.399 e. The fraction of sp³-hybridized carbons (Fsp3) is 0. The van der Waals surface area contributed by atoms with E-state index >= 15 is 0 Å². The van der Waals surface area contributed by atoms with Gasteiger partial charge in [-0.05, 0) is 30.3 Å². The molecular formula is C13H9F3N2O.